The van der Waals surface area contributed by atoms with Gasteiger partial charge in [-0.25, -0.2) is 8.78 Å². The summed E-state index contributed by atoms with van der Waals surface area (Å²) in [6, 6.07) is 3.12. The fraction of sp³-hybridized carbons (Fsp3) is 0.571. The van der Waals surface area contributed by atoms with Gasteiger partial charge in [-0.3, -0.25) is 0 Å². The van der Waals surface area contributed by atoms with Gasteiger partial charge in [-0.15, -0.1) is 0 Å². The summed E-state index contributed by atoms with van der Waals surface area (Å²) in [7, 11) is 0. The van der Waals surface area contributed by atoms with Crippen molar-refractivity contribution in [1.29, 1.82) is 0 Å². The molecule has 1 heterocycles. The lowest BCUT2D eigenvalue weighted by molar-refractivity contribution is -0.124. The molecule has 1 aliphatic heterocycles. The average Bonchev–Trinajstić information content (AvgIpc) is 2.38. The van der Waals surface area contributed by atoms with Crippen molar-refractivity contribution in [2.24, 2.45) is 11.1 Å². The van der Waals surface area contributed by atoms with Crippen LogP contribution in [-0.4, -0.2) is 24.9 Å². The maximum Gasteiger partial charge on any atom is 0.126 e. The second kappa shape index (κ2) is 5.15. The normalized spacial score (nSPS) is 21.9. The van der Waals surface area contributed by atoms with Gasteiger partial charge in [0.25, 0.3) is 0 Å². The average molecular weight is 271 g/mol. The van der Waals surface area contributed by atoms with Crippen molar-refractivity contribution in [1.82, 2.24) is 0 Å². The molecule has 106 valence electrons. The van der Waals surface area contributed by atoms with Crippen molar-refractivity contribution < 1.29 is 18.6 Å². The van der Waals surface area contributed by atoms with Gasteiger partial charge >= 0.3 is 0 Å². The van der Waals surface area contributed by atoms with Crippen LogP contribution in [0.2, 0.25) is 0 Å². The molecule has 1 aromatic rings. The Labute approximate surface area is 111 Å². The predicted octanol–water partition coefficient (Wildman–Crippen LogP) is 1.93. The molecule has 3 nitrogen and oxygen atoms in total. The Morgan fingerprint density at radius 3 is 2.26 bits per heavy atom. The second-order valence-electron chi connectivity index (χ2n) is 5.33. The standard InChI is InChI=1S/C14H19F2NO2/c1-13(18,10-6-11(15)8-12(16)7-10)14(9-17)2-4-19-5-3-14/h6-8,18H,2-5,9,17H2,1H3. The minimum atomic E-state index is -1.39. The van der Waals surface area contributed by atoms with Crippen LogP contribution < -0.4 is 5.73 Å². The minimum Gasteiger partial charge on any atom is -0.385 e. The molecule has 0 aromatic heterocycles. The van der Waals surface area contributed by atoms with Crippen molar-refractivity contribution in [3.8, 4) is 0 Å². The molecule has 1 fully saturated rings. The first-order valence-corrected chi connectivity index (χ1v) is 6.38. The van der Waals surface area contributed by atoms with E-state index in [1.165, 1.54) is 0 Å². The molecule has 0 bridgehead atoms. The molecule has 1 aliphatic rings. The molecule has 1 aromatic carbocycles. The second-order valence-corrected chi connectivity index (χ2v) is 5.33. The summed E-state index contributed by atoms with van der Waals surface area (Å²) in [4.78, 5) is 0. The van der Waals surface area contributed by atoms with E-state index in [0.29, 0.717) is 26.1 Å². The van der Waals surface area contributed by atoms with Crippen LogP contribution in [0.3, 0.4) is 0 Å². The van der Waals surface area contributed by atoms with Crippen molar-refractivity contribution in [3.63, 3.8) is 0 Å². The lowest BCUT2D eigenvalue weighted by atomic mass is 9.65. The molecule has 19 heavy (non-hydrogen) atoms. The van der Waals surface area contributed by atoms with Crippen molar-refractivity contribution in [2.45, 2.75) is 25.4 Å². The first kappa shape index (κ1) is 14.4. The van der Waals surface area contributed by atoms with Gasteiger partial charge in [0.15, 0.2) is 0 Å². The van der Waals surface area contributed by atoms with Gasteiger partial charge in [-0.05, 0) is 37.5 Å². The fourth-order valence-electron chi connectivity index (χ4n) is 2.79. The van der Waals surface area contributed by atoms with E-state index in [0.717, 1.165) is 18.2 Å². The molecule has 0 amide bonds. The summed E-state index contributed by atoms with van der Waals surface area (Å²) in [6.45, 7) is 2.79. The summed E-state index contributed by atoms with van der Waals surface area (Å²) in [5.41, 5.74) is 4.04. The quantitative estimate of drug-likeness (QED) is 0.883. The maximum atomic E-state index is 13.3. The van der Waals surface area contributed by atoms with Crippen LogP contribution in [0.15, 0.2) is 18.2 Å². The third kappa shape index (κ3) is 2.50. The Bertz CT molecular complexity index is 437. The number of ether oxygens (including phenoxy) is 1. The minimum absolute atomic E-state index is 0.220. The summed E-state index contributed by atoms with van der Waals surface area (Å²) in [6.07, 6.45) is 1.13. The molecule has 1 atom stereocenters. The highest BCUT2D eigenvalue weighted by Gasteiger charge is 2.48. The molecule has 5 heteroatoms. The van der Waals surface area contributed by atoms with Crippen LogP contribution in [0.5, 0.6) is 0 Å². The topological polar surface area (TPSA) is 55.5 Å². The lowest BCUT2D eigenvalue weighted by Gasteiger charge is -2.47. The zero-order valence-electron chi connectivity index (χ0n) is 11.0. The number of benzene rings is 1. The Hall–Kier alpha value is -1.04. The molecule has 1 unspecified atom stereocenters. The Morgan fingerprint density at radius 1 is 1.26 bits per heavy atom. The molecule has 0 aliphatic carbocycles. The van der Waals surface area contributed by atoms with Crippen molar-refractivity contribution in [2.75, 3.05) is 19.8 Å². The number of hydrogen-bond acceptors (Lipinski definition) is 3. The lowest BCUT2D eigenvalue weighted by Crippen LogP contribution is -2.51. The third-order valence-electron chi connectivity index (χ3n) is 4.30. The molecule has 0 saturated carbocycles. The number of nitrogens with two attached hydrogens (primary N) is 1. The Morgan fingerprint density at radius 2 is 1.79 bits per heavy atom. The number of hydrogen-bond donors (Lipinski definition) is 2. The van der Waals surface area contributed by atoms with E-state index < -0.39 is 22.7 Å². The van der Waals surface area contributed by atoms with Gasteiger partial charge in [0.1, 0.15) is 11.6 Å². The SMILES string of the molecule is CC(O)(c1cc(F)cc(F)c1)C1(CN)CCOCC1. The van der Waals surface area contributed by atoms with Crippen molar-refractivity contribution in [3.05, 3.63) is 35.4 Å². The molecule has 0 radical (unpaired) electrons. The number of rotatable bonds is 3. The zero-order chi connectivity index (χ0) is 14.1. The molecular weight excluding hydrogens is 252 g/mol. The van der Waals surface area contributed by atoms with Crippen LogP contribution in [-0.2, 0) is 10.3 Å². The van der Waals surface area contributed by atoms with Crippen LogP contribution in [0.1, 0.15) is 25.3 Å². The Balaban J connectivity index is 2.43. The largest absolute Gasteiger partial charge is 0.385 e. The zero-order valence-corrected chi connectivity index (χ0v) is 11.0. The highest BCUT2D eigenvalue weighted by Crippen LogP contribution is 2.46. The number of aliphatic hydroxyl groups is 1. The van der Waals surface area contributed by atoms with Crippen LogP contribution in [0.4, 0.5) is 8.78 Å². The first-order valence-electron chi connectivity index (χ1n) is 6.38. The maximum absolute atomic E-state index is 13.3. The van der Waals surface area contributed by atoms with Crippen LogP contribution in [0.25, 0.3) is 0 Å². The van der Waals surface area contributed by atoms with E-state index in [1.54, 1.807) is 6.92 Å². The fourth-order valence-corrected chi connectivity index (χ4v) is 2.79. The summed E-state index contributed by atoms with van der Waals surface area (Å²) in [5.74, 6) is -1.40. The van der Waals surface area contributed by atoms with E-state index in [4.69, 9.17) is 10.5 Å². The van der Waals surface area contributed by atoms with E-state index in [9.17, 15) is 13.9 Å². The van der Waals surface area contributed by atoms with Gasteiger partial charge in [0, 0.05) is 31.2 Å². The number of halogens is 2. The van der Waals surface area contributed by atoms with Gasteiger partial charge in [-0.1, -0.05) is 0 Å². The van der Waals surface area contributed by atoms with Crippen LogP contribution >= 0.6 is 0 Å². The molecule has 3 N–H and O–H groups in total. The van der Waals surface area contributed by atoms with Crippen LogP contribution in [0, 0.1) is 17.0 Å². The van der Waals surface area contributed by atoms with E-state index in [2.05, 4.69) is 0 Å². The smallest absolute Gasteiger partial charge is 0.126 e. The molecular formula is C14H19F2NO2. The Kier molecular flexibility index (Phi) is 3.90. The van der Waals surface area contributed by atoms with E-state index in [1.807, 2.05) is 0 Å². The third-order valence-corrected chi connectivity index (χ3v) is 4.30. The van der Waals surface area contributed by atoms with E-state index in [-0.39, 0.29) is 12.1 Å². The molecule has 2 rings (SSSR count). The molecule has 0 spiro atoms. The highest BCUT2D eigenvalue weighted by molar-refractivity contribution is 5.27. The van der Waals surface area contributed by atoms with Gasteiger partial charge in [0.2, 0.25) is 0 Å². The van der Waals surface area contributed by atoms with Gasteiger partial charge < -0.3 is 15.6 Å². The predicted molar refractivity (Wildman–Crippen MR) is 67.5 cm³/mol. The monoisotopic (exact) mass is 271 g/mol. The first-order chi connectivity index (χ1) is 8.91. The summed E-state index contributed by atoms with van der Waals surface area (Å²) in [5, 5.41) is 10.8. The van der Waals surface area contributed by atoms with Crippen molar-refractivity contribution >= 4 is 0 Å². The molecule has 1 saturated heterocycles. The van der Waals surface area contributed by atoms with E-state index >= 15 is 0 Å². The van der Waals surface area contributed by atoms with Gasteiger partial charge in [0.05, 0.1) is 5.60 Å². The summed E-state index contributed by atoms with van der Waals surface area (Å²) < 4.78 is 32.0. The van der Waals surface area contributed by atoms with Gasteiger partial charge in [-0.2, -0.15) is 0 Å². The highest BCUT2D eigenvalue weighted by atomic mass is 19.1. The summed E-state index contributed by atoms with van der Waals surface area (Å²) >= 11 is 0.